The molecule has 0 radical (unpaired) electrons. The lowest BCUT2D eigenvalue weighted by molar-refractivity contribution is -0.137. The SMILES string of the molecule is Cc1nc(OCCNS(=O)(=O)c2ccc(C(F)(F)F)cc2)cc(N2CCCC2)n1. The Morgan fingerprint density at radius 1 is 1.14 bits per heavy atom. The Labute approximate surface area is 167 Å². The molecule has 29 heavy (non-hydrogen) atoms. The van der Waals surface area contributed by atoms with Gasteiger partial charge in [-0.1, -0.05) is 0 Å². The molecule has 1 aromatic carbocycles. The molecule has 0 spiro atoms. The monoisotopic (exact) mass is 430 g/mol. The van der Waals surface area contributed by atoms with Crippen molar-refractivity contribution in [1.82, 2.24) is 14.7 Å². The quantitative estimate of drug-likeness (QED) is 0.680. The van der Waals surface area contributed by atoms with Gasteiger partial charge in [0.25, 0.3) is 0 Å². The van der Waals surface area contributed by atoms with E-state index in [-0.39, 0.29) is 18.0 Å². The van der Waals surface area contributed by atoms with E-state index in [4.69, 9.17) is 4.74 Å². The van der Waals surface area contributed by atoms with E-state index in [1.807, 2.05) is 0 Å². The van der Waals surface area contributed by atoms with Gasteiger partial charge < -0.3 is 9.64 Å². The van der Waals surface area contributed by atoms with E-state index in [0.717, 1.165) is 56.0 Å². The fourth-order valence-corrected chi connectivity index (χ4v) is 3.96. The van der Waals surface area contributed by atoms with E-state index in [2.05, 4.69) is 19.6 Å². The highest BCUT2D eigenvalue weighted by atomic mass is 32.2. The second-order valence-electron chi connectivity index (χ2n) is 6.57. The van der Waals surface area contributed by atoms with Crippen LogP contribution in [0, 0.1) is 6.92 Å². The number of nitrogens with one attached hydrogen (secondary N) is 1. The average Bonchev–Trinajstić information content (AvgIpc) is 3.19. The molecule has 0 atom stereocenters. The van der Waals surface area contributed by atoms with Crippen molar-refractivity contribution in [3.8, 4) is 5.88 Å². The van der Waals surface area contributed by atoms with Crippen LogP contribution in [-0.4, -0.2) is 44.6 Å². The lowest BCUT2D eigenvalue weighted by Crippen LogP contribution is -2.28. The molecule has 7 nitrogen and oxygen atoms in total. The number of hydrogen-bond donors (Lipinski definition) is 1. The molecule has 1 aliphatic rings. The number of alkyl halides is 3. The highest BCUT2D eigenvalue weighted by Gasteiger charge is 2.30. The molecule has 1 N–H and O–H groups in total. The molecule has 1 saturated heterocycles. The molecule has 0 saturated carbocycles. The molecular weight excluding hydrogens is 409 g/mol. The fraction of sp³-hybridized carbons (Fsp3) is 0.444. The maximum Gasteiger partial charge on any atom is 0.416 e. The molecule has 0 amide bonds. The number of halogens is 3. The molecule has 158 valence electrons. The van der Waals surface area contributed by atoms with Gasteiger partial charge in [0.15, 0.2) is 0 Å². The van der Waals surface area contributed by atoms with Gasteiger partial charge in [-0.2, -0.15) is 18.2 Å². The Hall–Kier alpha value is -2.40. The van der Waals surface area contributed by atoms with E-state index in [0.29, 0.717) is 11.7 Å². The largest absolute Gasteiger partial charge is 0.476 e. The number of aryl methyl sites for hydroxylation is 1. The summed E-state index contributed by atoms with van der Waals surface area (Å²) in [6.07, 6.45) is -2.32. The van der Waals surface area contributed by atoms with Crippen LogP contribution in [0.3, 0.4) is 0 Å². The summed E-state index contributed by atoms with van der Waals surface area (Å²) >= 11 is 0. The van der Waals surface area contributed by atoms with Crippen LogP contribution in [-0.2, 0) is 16.2 Å². The standard InChI is InChI=1S/C18H21F3N4O3S/c1-13-23-16(25-9-2-3-10-25)12-17(24-13)28-11-8-22-29(26,27)15-6-4-14(5-7-15)18(19,20)21/h4-7,12,22H,2-3,8-11H2,1H3. The number of aromatic nitrogens is 2. The highest BCUT2D eigenvalue weighted by Crippen LogP contribution is 2.29. The maximum absolute atomic E-state index is 12.6. The molecule has 2 aromatic rings. The molecule has 2 heterocycles. The third kappa shape index (κ3) is 5.57. The minimum Gasteiger partial charge on any atom is -0.476 e. The molecule has 1 fully saturated rings. The lowest BCUT2D eigenvalue weighted by atomic mass is 10.2. The van der Waals surface area contributed by atoms with Crippen molar-refractivity contribution in [3.63, 3.8) is 0 Å². The molecule has 0 unspecified atom stereocenters. The summed E-state index contributed by atoms with van der Waals surface area (Å²) in [4.78, 5) is 10.5. The molecule has 0 aliphatic carbocycles. The number of anilines is 1. The zero-order valence-electron chi connectivity index (χ0n) is 15.7. The predicted octanol–water partition coefficient (Wildman–Crippen LogP) is 2.76. The van der Waals surface area contributed by atoms with E-state index in [1.165, 1.54) is 0 Å². The number of nitrogens with zero attached hydrogens (tertiary/aromatic N) is 3. The third-order valence-electron chi connectivity index (χ3n) is 4.37. The summed E-state index contributed by atoms with van der Waals surface area (Å²) in [7, 11) is -3.94. The molecule has 3 rings (SSSR count). The van der Waals surface area contributed by atoms with E-state index in [1.54, 1.807) is 13.0 Å². The first-order chi connectivity index (χ1) is 13.6. The van der Waals surface area contributed by atoms with Crippen molar-refractivity contribution < 1.29 is 26.3 Å². The van der Waals surface area contributed by atoms with Gasteiger partial charge in [-0.25, -0.2) is 18.1 Å². The van der Waals surface area contributed by atoms with E-state index >= 15 is 0 Å². The number of hydrogen-bond acceptors (Lipinski definition) is 6. The minimum atomic E-state index is -4.52. The normalized spacial score (nSPS) is 15.0. The van der Waals surface area contributed by atoms with E-state index in [9.17, 15) is 21.6 Å². The van der Waals surface area contributed by atoms with Crippen LogP contribution < -0.4 is 14.4 Å². The van der Waals surface area contributed by atoms with Gasteiger partial charge in [-0.05, 0) is 44.0 Å². The van der Waals surface area contributed by atoms with Crippen LogP contribution in [0.1, 0.15) is 24.2 Å². The zero-order chi connectivity index (χ0) is 21.1. The molecule has 0 bridgehead atoms. The van der Waals surface area contributed by atoms with Crippen molar-refractivity contribution in [1.29, 1.82) is 0 Å². The van der Waals surface area contributed by atoms with Gasteiger partial charge in [0.05, 0.1) is 10.5 Å². The van der Waals surface area contributed by atoms with Crippen LogP contribution in [0.2, 0.25) is 0 Å². The van der Waals surface area contributed by atoms with Crippen molar-refractivity contribution >= 4 is 15.8 Å². The number of sulfonamides is 1. The summed E-state index contributed by atoms with van der Waals surface area (Å²) in [6, 6.07) is 5.01. The van der Waals surface area contributed by atoms with Gasteiger partial charge in [0.2, 0.25) is 15.9 Å². The van der Waals surface area contributed by atoms with Crippen LogP contribution in [0.5, 0.6) is 5.88 Å². The van der Waals surface area contributed by atoms with Crippen LogP contribution in [0.4, 0.5) is 19.0 Å². The van der Waals surface area contributed by atoms with Crippen LogP contribution in [0.25, 0.3) is 0 Å². The first-order valence-electron chi connectivity index (χ1n) is 9.05. The molecule has 1 aromatic heterocycles. The summed E-state index contributed by atoms with van der Waals surface area (Å²) in [6.45, 7) is 3.53. The van der Waals surface area contributed by atoms with Gasteiger partial charge in [0, 0.05) is 25.7 Å². The second kappa shape index (κ2) is 8.54. The number of ether oxygens (including phenoxy) is 1. The smallest absolute Gasteiger partial charge is 0.416 e. The summed E-state index contributed by atoms with van der Waals surface area (Å²) < 4.78 is 70.0. The van der Waals surface area contributed by atoms with Crippen LogP contribution in [0.15, 0.2) is 35.2 Å². The maximum atomic E-state index is 12.6. The minimum absolute atomic E-state index is 0.00968. The Balaban J connectivity index is 1.56. The fourth-order valence-electron chi connectivity index (χ4n) is 2.95. The van der Waals surface area contributed by atoms with Gasteiger partial charge in [-0.15, -0.1) is 0 Å². The first-order valence-corrected chi connectivity index (χ1v) is 10.5. The summed E-state index contributed by atoms with van der Waals surface area (Å²) in [5.74, 6) is 1.66. The van der Waals surface area contributed by atoms with Crippen molar-refractivity contribution in [2.24, 2.45) is 0 Å². The Morgan fingerprint density at radius 2 is 1.79 bits per heavy atom. The predicted molar refractivity (Wildman–Crippen MR) is 100 cm³/mol. The topological polar surface area (TPSA) is 84.4 Å². The first kappa shape index (κ1) is 21.3. The van der Waals surface area contributed by atoms with Crippen molar-refractivity contribution in [3.05, 3.63) is 41.7 Å². The number of benzene rings is 1. The Morgan fingerprint density at radius 3 is 2.41 bits per heavy atom. The Bertz CT molecular complexity index is 944. The van der Waals surface area contributed by atoms with Gasteiger partial charge >= 0.3 is 6.18 Å². The highest BCUT2D eigenvalue weighted by molar-refractivity contribution is 7.89. The van der Waals surface area contributed by atoms with Crippen molar-refractivity contribution in [2.75, 3.05) is 31.1 Å². The van der Waals surface area contributed by atoms with Crippen molar-refractivity contribution in [2.45, 2.75) is 30.8 Å². The number of rotatable bonds is 7. The Kier molecular flexibility index (Phi) is 6.27. The average molecular weight is 430 g/mol. The molecular formula is C18H21F3N4O3S. The lowest BCUT2D eigenvalue weighted by Gasteiger charge is -2.17. The summed E-state index contributed by atoms with van der Waals surface area (Å²) in [5.41, 5.74) is -0.910. The van der Waals surface area contributed by atoms with E-state index < -0.39 is 21.8 Å². The van der Waals surface area contributed by atoms with Gasteiger partial charge in [-0.3, -0.25) is 0 Å². The molecule has 11 heteroatoms. The molecule has 1 aliphatic heterocycles. The third-order valence-corrected chi connectivity index (χ3v) is 5.84. The summed E-state index contributed by atoms with van der Waals surface area (Å²) in [5, 5.41) is 0. The zero-order valence-corrected chi connectivity index (χ0v) is 16.6. The van der Waals surface area contributed by atoms with Crippen LogP contribution >= 0.6 is 0 Å². The second-order valence-corrected chi connectivity index (χ2v) is 8.34. The van der Waals surface area contributed by atoms with Gasteiger partial charge in [0.1, 0.15) is 18.2 Å².